The van der Waals surface area contributed by atoms with Gasteiger partial charge in [0.1, 0.15) is 0 Å². The van der Waals surface area contributed by atoms with Crippen LogP contribution >= 0.6 is 0 Å². The third kappa shape index (κ3) is 3.78. The number of aliphatic hydroxyl groups excluding tert-OH is 1. The molecule has 3 rings (SSSR count). The molecule has 5 nitrogen and oxygen atoms in total. The third-order valence-electron chi connectivity index (χ3n) is 5.39. The number of amides is 2. The van der Waals surface area contributed by atoms with Crippen LogP contribution in [-0.2, 0) is 16.0 Å². The van der Waals surface area contributed by atoms with Crippen LogP contribution in [0.4, 0.5) is 5.69 Å². The number of para-hydroxylation sites is 1. The summed E-state index contributed by atoms with van der Waals surface area (Å²) in [6.07, 6.45) is 3.14. The maximum absolute atomic E-state index is 12.4. The van der Waals surface area contributed by atoms with Crippen molar-refractivity contribution in [1.82, 2.24) is 4.90 Å². The first-order chi connectivity index (χ1) is 11.5. The van der Waals surface area contributed by atoms with Gasteiger partial charge < -0.3 is 15.3 Å². The maximum atomic E-state index is 12.4. The number of piperidine rings is 1. The molecule has 2 atom stereocenters. The van der Waals surface area contributed by atoms with Crippen LogP contribution in [-0.4, -0.2) is 41.0 Å². The Morgan fingerprint density at radius 3 is 2.75 bits per heavy atom. The summed E-state index contributed by atoms with van der Waals surface area (Å²) in [6, 6.07) is 7.84. The molecular formula is C19H26N2O3. The molecule has 0 aliphatic carbocycles. The van der Waals surface area contributed by atoms with Crippen molar-refractivity contribution in [3.8, 4) is 0 Å². The van der Waals surface area contributed by atoms with Gasteiger partial charge in [0.25, 0.3) is 0 Å². The van der Waals surface area contributed by atoms with Gasteiger partial charge >= 0.3 is 0 Å². The predicted octanol–water partition coefficient (Wildman–Crippen LogP) is 2.20. The van der Waals surface area contributed by atoms with Gasteiger partial charge in [-0.05, 0) is 50.2 Å². The molecule has 2 aliphatic rings. The Morgan fingerprint density at radius 2 is 2.04 bits per heavy atom. The van der Waals surface area contributed by atoms with E-state index < -0.39 is 0 Å². The normalized spacial score (nSPS) is 22.7. The number of hydrogen-bond donors (Lipinski definition) is 2. The van der Waals surface area contributed by atoms with Crippen molar-refractivity contribution >= 4 is 17.5 Å². The van der Waals surface area contributed by atoms with Gasteiger partial charge in [0.15, 0.2) is 0 Å². The topological polar surface area (TPSA) is 69.6 Å². The van der Waals surface area contributed by atoms with Crippen molar-refractivity contribution < 1.29 is 14.7 Å². The van der Waals surface area contributed by atoms with Crippen molar-refractivity contribution in [1.29, 1.82) is 0 Å². The molecule has 0 aromatic heterocycles. The van der Waals surface area contributed by atoms with E-state index in [0.717, 1.165) is 24.1 Å². The molecule has 2 unspecified atom stereocenters. The van der Waals surface area contributed by atoms with Crippen molar-refractivity contribution in [2.45, 2.75) is 45.1 Å². The summed E-state index contributed by atoms with van der Waals surface area (Å²) in [5.74, 6) is 0.327. The van der Waals surface area contributed by atoms with Gasteiger partial charge in [-0.15, -0.1) is 0 Å². The molecule has 2 heterocycles. The van der Waals surface area contributed by atoms with Crippen LogP contribution < -0.4 is 5.32 Å². The average molecular weight is 330 g/mol. The number of benzene rings is 1. The van der Waals surface area contributed by atoms with Crippen molar-refractivity contribution in [2.24, 2.45) is 11.8 Å². The number of rotatable bonds is 4. The van der Waals surface area contributed by atoms with E-state index in [-0.39, 0.29) is 23.8 Å². The molecule has 130 valence electrons. The number of carbonyl (C=O) groups is 2. The molecule has 24 heavy (non-hydrogen) atoms. The first kappa shape index (κ1) is 17.0. The highest BCUT2D eigenvalue weighted by Gasteiger charge is 2.29. The summed E-state index contributed by atoms with van der Waals surface area (Å²) in [5, 5.41) is 12.6. The fourth-order valence-corrected chi connectivity index (χ4v) is 3.73. The van der Waals surface area contributed by atoms with Crippen molar-refractivity contribution in [3.05, 3.63) is 29.8 Å². The molecule has 1 aromatic rings. The summed E-state index contributed by atoms with van der Waals surface area (Å²) < 4.78 is 0. The highest BCUT2D eigenvalue weighted by molar-refractivity contribution is 5.96. The zero-order valence-corrected chi connectivity index (χ0v) is 14.2. The Balaban J connectivity index is 1.49. The third-order valence-corrected chi connectivity index (χ3v) is 5.39. The second-order valence-corrected chi connectivity index (χ2v) is 7.04. The second-order valence-electron chi connectivity index (χ2n) is 7.04. The van der Waals surface area contributed by atoms with Crippen LogP contribution in [0.15, 0.2) is 24.3 Å². The number of hydrogen-bond acceptors (Lipinski definition) is 3. The lowest BCUT2D eigenvalue weighted by molar-refractivity contribution is -0.133. The molecule has 0 bridgehead atoms. The average Bonchev–Trinajstić information content (AvgIpc) is 2.59. The molecule has 5 heteroatoms. The SMILES string of the molecule is CC(O)C1CCN(C(=O)CCC2Cc3ccccc3NC2=O)CC1. The van der Waals surface area contributed by atoms with E-state index >= 15 is 0 Å². The lowest BCUT2D eigenvalue weighted by atomic mass is 9.89. The molecule has 2 N–H and O–H groups in total. The van der Waals surface area contributed by atoms with E-state index in [1.165, 1.54) is 0 Å². The Kier molecular flexibility index (Phi) is 5.19. The van der Waals surface area contributed by atoms with E-state index in [4.69, 9.17) is 0 Å². The predicted molar refractivity (Wildman–Crippen MR) is 92.5 cm³/mol. The van der Waals surface area contributed by atoms with E-state index in [0.29, 0.717) is 38.3 Å². The molecule has 1 saturated heterocycles. The van der Waals surface area contributed by atoms with Crippen LogP contribution in [0.3, 0.4) is 0 Å². The molecule has 1 aromatic carbocycles. The number of nitrogens with one attached hydrogen (secondary N) is 1. The number of carbonyl (C=O) groups excluding carboxylic acids is 2. The standard InChI is InChI=1S/C19H26N2O3/c1-13(22)14-8-10-21(11-9-14)18(23)7-6-16-12-15-4-2-3-5-17(15)20-19(16)24/h2-5,13-14,16,22H,6-12H2,1H3,(H,20,24). The van der Waals surface area contributed by atoms with E-state index in [1.54, 1.807) is 0 Å². The minimum Gasteiger partial charge on any atom is -0.393 e. The molecule has 1 fully saturated rings. The number of fused-ring (bicyclic) bond motifs is 1. The summed E-state index contributed by atoms with van der Waals surface area (Å²) in [6.45, 7) is 3.25. The molecule has 0 spiro atoms. The van der Waals surface area contributed by atoms with E-state index in [2.05, 4.69) is 5.32 Å². The summed E-state index contributed by atoms with van der Waals surface area (Å²) in [5.41, 5.74) is 2.04. The first-order valence-corrected chi connectivity index (χ1v) is 8.89. The zero-order valence-electron chi connectivity index (χ0n) is 14.2. The van der Waals surface area contributed by atoms with Gasteiger partial charge in [0.05, 0.1) is 6.10 Å². The lowest BCUT2D eigenvalue weighted by Gasteiger charge is -2.33. The van der Waals surface area contributed by atoms with Gasteiger partial charge in [0, 0.05) is 31.1 Å². The Labute approximate surface area is 143 Å². The molecular weight excluding hydrogens is 304 g/mol. The van der Waals surface area contributed by atoms with Crippen LogP contribution in [0, 0.1) is 11.8 Å². The number of anilines is 1. The van der Waals surface area contributed by atoms with Gasteiger partial charge in [-0.1, -0.05) is 18.2 Å². The molecule has 0 saturated carbocycles. The fraction of sp³-hybridized carbons (Fsp3) is 0.579. The molecule has 0 radical (unpaired) electrons. The first-order valence-electron chi connectivity index (χ1n) is 8.89. The van der Waals surface area contributed by atoms with Crippen LogP contribution in [0.2, 0.25) is 0 Å². The Morgan fingerprint density at radius 1 is 1.33 bits per heavy atom. The second kappa shape index (κ2) is 7.34. The van der Waals surface area contributed by atoms with Gasteiger partial charge in [-0.25, -0.2) is 0 Å². The summed E-state index contributed by atoms with van der Waals surface area (Å²) >= 11 is 0. The van der Waals surface area contributed by atoms with Crippen molar-refractivity contribution in [3.63, 3.8) is 0 Å². The Hall–Kier alpha value is -1.88. The van der Waals surface area contributed by atoms with Crippen LogP contribution in [0.5, 0.6) is 0 Å². The van der Waals surface area contributed by atoms with Crippen LogP contribution in [0.1, 0.15) is 38.2 Å². The molecule has 2 amide bonds. The highest BCUT2D eigenvalue weighted by Crippen LogP contribution is 2.28. The minimum absolute atomic E-state index is 0.0225. The molecule has 2 aliphatic heterocycles. The Bertz CT molecular complexity index is 606. The van der Waals surface area contributed by atoms with E-state index in [9.17, 15) is 14.7 Å². The quantitative estimate of drug-likeness (QED) is 0.889. The van der Waals surface area contributed by atoms with Crippen molar-refractivity contribution in [2.75, 3.05) is 18.4 Å². The smallest absolute Gasteiger partial charge is 0.227 e. The fourth-order valence-electron chi connectivity index (χ4n) is 3.73. The monoisotopic (exact) mass is 330 g/mol. The van der Waals surface area contributed by atoms with Gasteiger partial charge in [-0.3, -0.25) is 9.59 Å². The van der Waals surface area contributed by atoms with Gasteiger partial charge in [0.2, 0.25) is 11.8 Å². The zero-order chi connectivity index (χ0) is 17.1. The maximum Gasteiger partial charge on any atom is 0.227 e. The number of aliphatic hydroxyl groups is 1. The van der Waals surface area contributed by atoms with Crippen LogP contribution in [0.25, 0.3) is 0 Å². The minimum atomic E-state index is -0.298. The van der Waals surface area contributed by atoms with Gasteiger partial charge in [-0.2, -0.15) is 0 Å². The summed E-state index contributed by atoms with van der Waals surface area (Å²) in [4.78, 5) is 26.5. The summed E-state index contributed by atoms with van der Waals surface area (Å²) in [7, 11) is 0. The number of likely N-dealkylation sites (tertiary alicyclic amines) is 1. The largest absolute Gasteiger partial charge is 0.393 e. The number of nitrogens with zero attached hydrogens (tertiary/aromatic N) is 1. The highest BCUT2D eigenvalue weighted by atomic mass is 16.3. The lowest BCUT2D eigenvalue weighted by Crippen LogP contribution is -2.41. The van der Waals surface area contributed by atoms with E-state index in [1.807, 2.05) is 36.1 Å².